The van der Waals surface area contributed by atoms with Gasteiger partial charge < -0.3 is 35.5 Å². The van der Waals surface area contributed by atoms with Gasteiger partial charge in [0.05, 0.1) is 12.6 Å². The number of rotatable bonds is 9. The van der Waals surface area contributed by atoms with Crippen LogP contribution in [-0.4, -0.2) is 86.8 Å². The van der Waals surface area contributed by atoms with E-state index in [1.807, 2.05) is 14.1 Å². The summed E-state index contributed by atoms with van der Waals surface area (Å²) in [5.41, 5.74) is 0. The second-order valence-corrected chi connectivity index (χ2v) is 9.89. The first kappa shape index (κ1) is 34.2. The molecule has 210 valence electrons. The fourth-order valence-electron chi connectivity index (χ4n) is 3.23. The van der Waals surface area contributed by atoms with Crippen molar-refractivity contribution >= 4 is 24.4 Å². The number of nitrogens with zero attached hydrogens (tertiary/aromatic N) is 1. The number of carbonyl (C=O) groups excluding carboxylic acids is 4. The van der Waals surface area contributed by atoms with Gasteiger partial charge in [-0.3, -0.25) is 9.59 Å². The molecule has 4 rings (SSSR count). The molecule has 3 unspecified atom stereocenters. The summed E-state index contributed by atoms with van der Waals surface area (Å²) in [5.74, 6) is 0.675. The largest absolute Gasteiger partial charge is 0.384 e. The minimum absolute atomic E-state index is 0.0275. The third-order valence-electron chi connectivity index (χ3n) is 5.70. The monoisotopic (exact) mass is 512 g/mol. The van der Waals surface area contributed by atoms with Gasteiger partial charge in [0.25, 0.3) is 0 Å². The van der Waals surface area contributed by atoms with Gasteiger partial charge in [0.2, 0.25) is 11.8 Å². The molecule has 4 N–H and O–H groups in total. The quantitative estimate of drug-likeness (QED) is 0.348. The average molecular weight is 513 g/mol. The highest BCUT2D eigenvalue weighted by molar-refractivity contribution is 5.88. The van der Waals surface area contributed by atoms with Gasteiger partial charge >= 0.3 is 0 Å². The Hall–Kier alpha value is -1.84. The number of likely N-dealkylation sites (tertiary alicyclic amines) is 1. The number of amides is 2. The van der Waals surface area contributed by atoms with Crippen molar-refractivity contribution in [3.63, 3.8) is 0 Å². The van der Waals surface area contributed by atoms with E-state index in [4.69, 9.17) is 5.11 Å². The number of aliphatic hydroxyl groups excluding tert-OH is 1. The first-order valence-corrected chi connectivity index (χ1v) is 13.7. The molecule has 0 aromatic heterocycles. The molecule has 4 fully saturated rings. The van der Waals surface area contributed by atoms with E-state index >= 15 is 0 Å². The van der Waals surface area contributed by atoms with Crippen LogP contribution in [0.4, 0.5) is 0 Å². The molecule has 0 aromatic rings. The molecule has 3 aliphatic carbocycles. The summed E-state index contributed by atoms with van der Waals surface area (Å²) >= 11 is 0. The summed E-state index contributed by atoms with van der Waals surface area (Å²) < 4.78 is 0. The maximum Gasteiger partial charge on any atom is 0.242 e. The molecule has 9 nitrogen and oxygen atoms in total. The second-order valence-electron chi connectivity index (χ2n) is 9.89. The van der Waals surface area contributed by atoms with Crippen molar-refractivity contribution in [3.05, 3.63) is 0 Å². The molecular weight excluding hydrogens is 460 g/mol. The molecule has 1 heterocycles. The van der Waals surface area contributed by atoms with Crippen LogP contribution in [0, 0.1) is 11.8 Å². The summed E-state index contributed by atoms with van der Waals surface area (Å²) in [7, 11) is 5.53. The highest BCUT2D eigenvalue weighted by Gasteiger charge is 2.32. The van der Waals surface area contributed by atoms with Crippen LogP contribution in [0.15, 0.2) is 0 Å². The summed E-state index contributed by atoms with van der Waals surface area (Å²) in [6, 6.07) is -0.328. The van der Waals surface area contributed by atoms with Crippen molar-refractivity contribution < 1.29 is 24.3 Å². The van der Waals surface area contributed by atoms with E-state index in [2.05, 4.69) is 29.8 Å². The highest BCUT2D eigenvalue weighted by Crippen LogP contribution is 2.33. The van der Waals surface area contributed by atoms with E-state index in [0.29, 0.717) is 12.8 Å². The zero-order valence-electron chi connectivity index (χ0n) is 23.3. The third-order valence-corrected chi connectivity index (χ3v) is 5.70. The van der Waals surface area contributed by atoms with Crippen molar-refractivity contribution in [2.75, 3.05) is 34.2 Å². The lowest BCUT2D eigenvalue weighted by Crippen LogP contribution is -2.43. The third kappa shape index (κ3) is 17.6. The van der Waals surface area contributed by atoms with Gasteiger partial charge in [-0.05, 0) is 59.2 Å². The number of likely N-dealkylation sites (N-methyl/N-ethyl adjacent to an activating group) is 1. The first-order valence-electron chi connectivity index (χ1n) is 13.7. The maximum atomic E-state index is 11.7. The molecule has 0 aromatic carbocycles. The van der Waals surface area contributed by atoms with E-state index < -0.39 is 6.10 Å². The number of hydrogen-bond donors (Lipinski definition) is 4. The van der Waals surface area contributed by atoms with Gasteiger partial charge in [-0.1, -0.05) is 52.4 Å². The zero-order chi connectivity index (χ0) is 27.3. The molecule has 0 radical (unpaired) electrons. The topological polar surface area (TPSA) is 128 Å². The van der Waals surface area contributed by atoms with Crippen molar-refractivity contribution in [3.8, 4) is 0 Å². The molecule has 36 heavy (non-hydrogen) atoms. The van der Waals surface area contributed by atoms with Crippen LogP contribution >= 0.6 is 0 Å². The van der Waals surface area contributed by atoms with Gasteiger partial charge in [-0.25, -0.2) is 0 Å². The Balaban J connectivity index is 0.000000526. The second kappa shape index (κ2) is 21.3. The van der Waals surface area contributed by atoms with Crippen molar-refractivity contribution in [2.24, 2.45) is 11.8 Å². The molecular formula is C27H52N4O5. The smallest absolute Gasteiger partial charge is 0.242 e. The molecule has 2 amide bonds. The lowest BCUT2D eigenvalue weighted by molar-refractivity contribution is -0.135. The highest BCUT2D eigenvalue weighted by atomic mass is 16.3. The van der Waals surface area contributed by atoms with Gasteiger partial charge in [0.15, 0.2) is 0 Å². The molecule has 9 heteroatoms. The van der Waals surface area contributed by atoms with Crippen LogP contribution in [0.3, 0.4) is 0 Å². The first-order chi connectivity index (χ1) is 17.3. The number of aliphatic hydroxyl groups is 1. The van der Waals surface area contributed by atoms with E-state index in [9.17, 15) is 19.2 Å². The van der Waals surface area contributed by atoms with E-state index in [1.165, 1.54) is 38.5 Å². The number of carbonyl (C=O) groups is 4. The van der Waals surface area contributed by atoms with Crippen molar-refractivity contribution in [1.82, 2.24) is 20.9 Å². The van der Waals surface area contributed by atoms with E-state index in [-0.39, 0.29) is 36.4 Å². The normalized spacial score (nSPS) is 20.7. The lowest BCUT2D eigenvalue weighted by atomic mass is 10.1. The van der Waals surface area contributed by atoms with Gasteiger partial charge in [0, 0.05) is 18.5 Å². The van der Waals surface area contributed by atoms with Gasteiger partial charge in [-0.15, -0.1) is 0 Å². The molecule has 1 saturated heterocycles. The predicted octanol–water partition coefficient (Wildman–Crippen LogP) is 2.06. The minimum atomic E-state index is -0.833. The van der Waals surface area contributed by atoms with Crippen LogP contribution in [-0.2, 0) is 19.2 Å². The Morgan fingerprint density at radius 3 is 1.92 bits per heavy atom. The minimum Gasteiger partial charge on any atom is -0.384 e. The Morgan fingerprint density at radius 1 is 0.972 bits per heavy atom. The molecule has 0 spiro atoms. The summed E-state index contributed by atoms with van der Waals surface area (Å²) in [6.45, 7) is 4.90. The van der Waals surface area contributed by atoms with Crippen LogP contribution in [0.5, 0.6) is 0 Å². The average Bonchev–Trinajstić information content (AvgIpc) is 3.71. The standard InChI is InChI=1S/C11H16N2O3.C8H15NO2.C3H6.C3H8.C2H7N/c14-7-9-2-1-5-13(9)10(15)6-12-11(16)8-3-4-8;1-9-7(8(11)5-10)4-6-2-3-6;1-2-3-1;2*1-3-2/h7-9H,1-6H2,(H,12,16);5-9,11H,2-4H2,1H3;1-3H2;3H2,1-2H3;3H,1-2H3. The Bertz CT molecular complexity index is 604. The fraction of sp³-hybridized carbons (Fsp3) is 0.852. The molecule has 3 saturated carbocycles. The number of aldehydes is 2. The zero-order valence-corrected chi connectivity index (χ0v) is 23.3. The van der Waals surface area contributed by atoms with Crippen LogP contribution in [0.25, 0.3) is 0 Å². The summed E-state index contributed by atoms with van der Waals surface area (Å²) in [5, 5.41) is 17.5. The molecule has 1 aliphatic heterocycles. The number of hydrogen-bond acceptors (Lipinski definition) is 7. The van der Waals surface area contributed by atoms with Gasteiger partial charge in [0.1, 0.15) is 18.7 Å². The van der Waals surface area contributed by atoms with Gasteiger partial charge in [-0.2, -0.15) is 0 Å². The molecule has 4 aliphatic rings. The Kier molecular flexibility index (Phi) is 20.2. The van der Waals surface area contributed by atoms with Crippen molar-refractivity contribution in [1.29, 1.82) is 0 Å². The van der Waals surface area contributed by atoms with Crippen LogP contribution < -0.4 is 16.0 Å². The maximum absolute atomic E-state index is 11.7. The van der Waals surface area contributed by atoms with E-state index in [1.54, 1.807) is 11.9 Å². The van der Waals surface area contributed by atoms with E-state index in [0.717, 1.165) is 44.3 Å². The SMILES string of the molecule is C1CC1.CCC.CNC.CNC(CC1CC1)C(O)C=O.O=CC1CCCN1C(=O)CNC(=O)C1CC1. The Morgan fingerprint density at radius 2 is 1.53 bits per heavy atom. The van der Waals surface area contributed by atoms with Crippen LogP contribution in [0.2, 0.25) is 0 Å². The fourth-order valence-corrected chi connectivity index (χ4v) is 3.23. The van der Waals surface area contributed by atoms with Crippen molar-refractivity contribution in [2.45, 2.75) is 103 Å². The summed E-state index contributed by atoms with van der Waals surface area (Å²) in [6.07, 6.45) is 13.2. The molecule has 0 bridgehead atoms. The Labute approximate surface area is 218 Å². The van der Waals surface area contributed by atoms with Crippen LogP contribution in [0.1, 0.15) is 84.5 Å². The molecule has 3 atom stereocenters. The lowest BCUT2D eigenvalue weighted by Gasteiger charge is -2.20. The summed E-state index contributed by atoms with van der Waals surface area (Å²) in [4.78, 5) is 45.5. The number of nitrogens with one attached hydrogen (secondary N) is 3. The predicted molar refractivity (Wildman–Crippen MR) is 144 cm³/mol.